The Kier molecular flexibility index (Phi) is 6.46. The zero-order chi connectivity index (χ0) is 20.9. The number of sulfonamides is 1. The van der Waals surface area contributed by atoms with Crippen LogP contribution in [-0.2, 0) is 27.9 Å². The largest absolute Gasteiger partial charge is 0.326 e. The molecule has 5 nitrogen and oxygen atoms in total. The predicted molar refractivity (Wildman–Crippen MR) is 115 cm³/mol. The summed E-state index contributed by atoms with van der Waals surface area (Å²) in [6, 6.07) is 23.8. The van der Waals surface area contributed by atoms with Gasteiger partial charge in [-0.05, 0) is 41.8 Å². The molecule has 0 unspecified atom stereocenters. The lowest BCUT2D eigenvalue weighted by Crippen LogP contribution is -2.30. The zero-order valence-corrected chi connectivity index (χ0v) is 17.3. The lowest BCUT2D eigenvalue weighted by atomic mass is 10.2. The lowest BCUT2D eigenvalue weighted by Gasteiger charge is -2.23. The molecule has 1 amide bonds. The Morgan fingerprint density at radius 2 is 1.38 bits per heavy atom. The Morgan fingerprint density at radius 3 is 1.83 bits per heavy atom. The molecular formula is C23H24N2O3S. The van der Waals surface area contributed by atoms with Crippen molar-refractivity contribution >= 4 is 21.6 Å². The second kappa shape index (κ2) is 9.03. The van der Waals surface area contributed by atoms with Crippen molar-refractivity contribution in [3.63, 3.8) is 0 Å². The molecule has 6 heteroatoms. The van der Waals surface area contributed by atoms with Crippen LogP contribution in [0.3, 0.4) is 0 Å². The van der Waals surface area contributed by atoms with Crippen molar-refractivity contribution in [3.05, 3.63) is 95.6 Å². The molecule has 3 rings (SSSR count). The predicted octanol–water partition coefficient (Wildman–Crippen LogP) is 4.34. The maximum Gasteiger partial charge on any atom is 0.243 e. The van der Waals surface area contributed by atoms with Crippen LogP contribution in [0.1, 0.15) is 23.6 Å². The molecule has 0 aromatic heterocycles. The van der Waals surface area contributed by atoms with Crippen LogP contribution in [0.5, 0.6) is 0 Å². The first kappa shape index (κ1) is 20.8. The molecular weight excluding hydrogens is 384 g/mol. The third-order valence-electron chi connectivity index (χ3n) is 4.55. The topological polar surface area (TPSA) is 66.5 Å². The van der Waals surface area contributed by atoms with Gasteiger partial charge in [0.15, 0.2) is 0 Å². The molecule has 0 fully saturated rings. The molecule has 0 saturated carbocycles. The molecule has 0 saturated heterocycles. The van der Waals surface area contributed by atoms with E-state index in [0.717, 1.165) is 11.1 Å². The molecule has 0 heterocycles. The summed E-state index contributed by atoms with van der Waals surface area (Å²) in [5.74, 6) is -0.196. The average molecular weight is 409 g/mol. The van der Waals surface area contributed by atoms with Crippen molar-refractivity contribution in [1.29, 1.82) is 0 Å². The van der Waals surface area contributed by atoms with Crippen molar-refractivity contribution < 1.29 is 13.2 Å². The fourth-order valence-corrected chi connectivity index (χ4v) is 4.58. The van der Waals surface area contributed by atoms with Gasteiger partial charge < -0.3 is 5.32 Å². The van der Waals surface area contributed by atoms with Crippen molar-refractivity contribution in [2.75, 3.05) is 5.32 Å². The molecule has 29 heavy (non-hydrogen) atoms. The summed E-state index contributed by atoms with van der Waals surface area (Å²) in [5.41, 5.74) is 3.13. The van der Waals surface area contributed by atoms with E-state index in [0.29, 0.717) is 11.3 Å². The van der Waals surface area contributed by atoms with Crippen LogP contribution in [0.15, 0.2) is 83.8 Å². The smallest absolute Gasteiger partial charge is 0.243 e. The van der Waals surface area contributed by atoms with E-state index in [1.165, 1.54) is 17.3 Å². The zero-order valence-electron chi connectivity index (χ0n) is 16.5. The van der Waals surface area contributed by atoms with E-state index in [4.69, 9.17) is 0 Å². The number of benzene rings is 3. The van der Waals surface area contributed by atoms with Crippen molar-refractivity contribution in [2.24, 2.45) is 0 Å². The van der Waals surface area contributed by atoms with Crippen molar-refractivity contribution in [3.8, 4) is 0 Å². The Balaban J connectivity index is 1.96. The number of rotatable bonds is 7. The molecule has 0 radical (unpaired) electrons. The van der Waals surface area contributed by atoms with Gasteiger partial charge in [0, 0.05) is 25.7 Å². The lowest BCUT2D eigenvalue weighted by molar-refractivity contribution is -0.114. The minimum atomic E-state index is -3.74. The van der Waals surface area contributed by atoms with Gasteiger partial charge in [-0.2, -0.15) is 4.31 Å². The summed E-state index contributed by atoms with van der Waals surface area (Å²) in [7, 11) is -3.74. The van der Waals surface area contributed by atoms with Gasteiger partial charge in [-0.25, -0.2) is 8.42 Å². The highest BCUT2D eigenvalue weighted by atomic mass is 32.2. The number of carbonyl (C=O) groups is 1. The van der Waals surface area contributed by atoms with Gasteiger partial charge in [-0.1, -0.05) is 60.7 Å². The van der Waals surface area contributed by atoms with Crippen molar-refractivity contribution in [2.45, 2.75) is 31.8 Å². The number of carbonyl (C=O) groups excluding carboxylic acids is 1. The normalized spacial score (nSPS) is 11.4. The van der Waals surface area contributed by atoms with Crippen LogP contribution in [0.4, 0.5) is 5.69 Å². The molecule has 3 aromatic carbocycles. The van der Waals surface area contributed by atoms with Crippen LogP contribution in [-0.4, -0.2) is 18.6 Å². The minimum Gasteiger partial charge on any atom is -0.326 e. The van der Waals surface area contributed by atoms with E-state index in [2.05, 4.69) is 5.32 Å². The Hall–Kier alpha value is -2.96. The highest BCUT2D eigenvalue weighted by Gasteiger charge is 2.25. The Labute approximate surface area is 172 Å². The van der Waals surface area contributed by atoms with Crippen LogP contribution in [0, 0.1) is 6.92 Å². The van der Waals surface area contributed by atoms with E-state index in [9.17, 15) is 13.2 Å². The maximum absolute atomic E-state index is 13.5. The highest BCUT2D eigenvalue weighted by molar-refractivity contribution is 7.89. The first-order chi connectivity index (χ1) is 13.9. The number of aryl methyl sites for hydroxylation is 1. The minimum absolute atomic E-state index is 0.196. The van der Waals surface area contributed by atoms with Gasteiger partial charge in [0.2, 0.25) is 15.9 Å². The van der Waals surface area contributed by atoms with Crippen LogP contribution >= 0.6 is 0 Å². The highest BCUT2D eigenvalue weighted by Crippen LogP contribution is 2.25. The maximum atomic E-state index is 13.5. The molecule has 0 spiro atoms. The first-order valence-corrected chi connectivity index (χ1v) is 10.8. The summed E-state index contributed by atoms with van der Waals surface area (Å²) in [5, 5.41) is 2.71. The van der Waals surface area contributed by atoms with Gasteiger partial charge in [0.1, 0.15) is 0 Å². The fourth-order valence-electron chi connectivity index (χ4n) is 3.08. The van der Waals surface area contributed by atoms with Gasteiger partial charge in [-0.3, -0.25) is 4.79 Å². The second-order valence-corrected chi connectivity index (χ2v) is 8.84. The molecule has 3 aromatic rings. The van der Waals surface area contributed by atoms with E-state index in [1.54, 1.807) is 19.1 Å². The van der Waals surface area contributed by atoms with Crippen LogP contribution in [0.25, 0.3) is 0 Å². The molecule has 0 atom stereocenters. The molecule has 0 aliphatic carbocycles. The molecule has 0 aliphatic heterocycles. The summed E-state index contributed by atoms with van der Waals surface area (Å²) >= 11 is 0. The summed E-state index contributed by atoms with van der Waals surface area (Å²) < 4.78 is 28.4. The Morgan fingerprint density at radius 1 is 0.862 bits per heavy atom. The monoisotopic (exact) mass is 408 g/mol. The third kappa shape index (κ3) is 5.31. The number of nitrogens with one attached hydrogen (secondary N) is 1. The van der Waals surface area contributed by atoms with Gasteiger partial charge >= 0.3 is 0 Å². The first-order valence-electron chi connectivity index (χ1n) is 9.32. The van der Waals surface area contributed by atoms with Gasteiger partial charge in [0.05, 0.1) is 4.90 Å². The van der Waals surface area contributed by atoms with Gasteiger partial charge in [-0.15, -0.1) is 0 Å². The number of hydrogen-bond acceptors (Lipinski definition) is 3. The summed E-state index contributed by atoms with van der Waals surface area (Å²) in [4.78, 5) is 11.5. The van der Waals surface area contributed by atoms with Crippen molar-refractivity contribution in [1.82, 2.24) is 4.31 Å². The molecule has 0 bridgehead atoms. The van der Waals surface area contributed by atoms with Crippen LogP contribution in [0.2, 0.25) is 0 Å². The number of hydrogen-bond donors (Lipinski definition) is 1. The number of anilines is 1. The summed E-state index contributed by atoms with van der Waals surface area (Å²) in [6.45, 7) is 3.74. The summed E-state index contributed by atoms with van der Waals surface area (Å²) in [6.07, 6.45) is 0. The average Bonchev–Trinajstić information content (AvgIpc) is 2.70. The molecule has 150 valence electrons. The third-order valence-corrected chi connectivity index (χ3v) is 6.34. The van der Waals surface area contributed by atoms with E-state index >= 15 is 0 Å². The number of amides is 1. The fraction of sp³-hybridized carbons (Fsp3) is 0.174. The van der Waals surface area contributed by atoms with Crippen LogP contribution < -0.4 is 5.32 Å². The van der Waals surface area contributed by atoms with Gasteiger partial charge in [0.25, 0.3) is 0 Å². The van der Waals surface area contributed by atoms with E-state index < -0.39 is 10.0 Å². The van der Waals surface area contributed by atoms with E-state index in [1.807, 2.05) is 60.7 Å². The molecule has 1 N–H and O–H groups in total. The van der Waals surface area contributed by atoms with E-state index in [-0.39, 0.29) is 23.9 Å². The SMILES string of the molecule is CC(=O)Nc1ccc(S(=O)(=O)N(Cc2ccccc2)Cc2ccccc2)cc1C. The second-order valence-electron chi connectivity index (χ2n) is 6.90. The quantitative estimate of drug-likeness (QED) is 0.632. The number of nitrogens with zero attached hydrogens (tertiary/aromatic N) is 1. The molecule has 0 aliphatic rings. The standard InChI is InChI=1S/C23H24N2O3S/c1-18-15-22(13-14-23(18)24-19(2)26)29(27,28)25(16-20-9-5-3-6-10-20)17-21-11-7-4-8-12-21/h3-15H,16-17H2,1-2H3,(H,24,26). The Bertz CT molecular complexity index is 1040.